The third-order valence-electron chi connectivity index (χ3n) is 6.08. The van der Waals surface area contributed by atoms with E-state index in [0.717, 1.165) is 18.4 Å². The Balaban J connectivity index is 1.57. The molecule has 2 aromatic heterocycles. The molecule has 2 N–H and O–H groups in total. The monoisotopic (exact) mass is 417 g/mol. The summed E-state index contributed by atoms with van der Waals surface area (Å²) in [5.74, 6) is -1.50. The molecule has 0 radical (unpaired) electrons. The summed E-state index contributed by atoms with van der Waals surface area (Å²) in [6.45, 7) is -1.20. The summed E-state index contributed by atoms with van der Waals surface area (Å²) in [5.41, 5.74) is 0.418. The summed E-state index contributed by atoms with van der Waals surface area (Å²) in [6.07, 6.45) is 6.12. The molecular weight excluding hydrogens is 396 g/mol. The number of fused-ring (bicyclic) bond motifs is 2. The van der Waals surface area contributed by atoms with Crippen molar-refractivity contribution in [2.24, 2.45) is 0 Å². The van der Waals surface area contributed by atoms with Gasteiger partial charge in [-0.25, -0.2) is 28.7 Å². The fourth-order valence-electron chi connectivity index (χ4n) is 4.69. The molecule has 2 aliphatic heterocycles. The summed E-state index contributed by atoms with van der Waals surface area (Å²) in [4.78, 5) is 33.7. The molecule has 0 aromatic carbocycles. The predicted molar refractivity (Wildman–Crippen MR) is 104 cm³/mol. The molecule has 11 heteroatoms. The standard InChI is InChI=1S/C19H21F2N7O2/c1-22-14-13-15(26-12(8-29)25-14)28(16(30)18(13)4-2-3-5-18)11-6-23-17(24-7-11)27-9-19(20,21)10-27/h6-7,29H,2-5,8-10H2,1H3,(H,22,25,26). The summed E-state index contributed by atoms with van der Waals surface area (Å²) in [6, 6.07) is 0. The SMILES string of the molecule is CNc1nc(CO)nc2c1C1(CCCC1)C(=O)N2c1cnc(N2CC(F)(F)C2)nc1. The van der Waals surface area contributed by atoms with Crippen LogP contribution in [-0.2, 0) is 16.8 Å². The number of rotatable bonds is 4. The third-order valence-corrected chi connectivity index (χ3v) is 6.08. The molecule has 1 amide bonds. The van der Waals surface area contributed by atoms with E-state index in [0.29, 0.717) is 30.2 Å². The van der Waals surface area contributed by atoms with E-state index < -0.39 is 24.4 Å². The van der Waals surface area contributed by atoms with E-state index in [2.05, 4.69) is 25.3 Å². The third kappa shape index (κ3) is 2.64. The van der Waals surface area contributed by atoms with Crippen molar-refractivity contribution in [3.05, 3.63) is 23.8 Å². The minimum absolute atomic E-state index is 0.122. The van der Waals surface area contributed by atoms with Crippen LogP contribution in [0.15, 0.2) is 12.4 Å². The average molecular weight is 417 g/mol. The number of alkyl halides is 2. The maximum absolute atomic E-state index is 13.6. The Morgan fingerprint density at radius 3 is 2.40 bits per heavy atom. The van der Waals surface area contributed by atoms with Crippen LogP contribution < -0.4 is 15.1 Å². The normalized spacial score (nSPS) is 21.1. The van der Waals surface area contributed by atoms with E-state index in [-0.39, 0.29) is 24.3 Å². The fraction of sp³-hybridized carbons (Fsp3) is 0.526. The van der Waals surface area contributed by atoms with Crippen molar-refractivity contribution in [2.75, 3.05) is 35.3 Å². The number of aliphatic hydroxyl groups excluding tert-OH is 1. The van der Waals surface area contributed by atoms with Crippen molar-refractivity contribution >= 4 is 29.2 Å². The van der Waals surface area contributed by atoms with Gasteiger partial charge in [0.2, 0.25) is 11.9 Å². The molecule has 158 valence electrons. The van der Waals surface area contributed by atoms with Gasteiger partial charge in [-0.1, -0.05) is 12.8 Å². The minimum atomic E-state index is -2.72. The Labute approximate surface area is 171 Å². The summed E-state index contributed by atoms with van der Waals surface area (Å²) >= 11 is 0. The Kier molecular flexibility index (Phi) is 4.14. The smallest absolute Gasteiger partial charge is 0.282 e. The van der Waals surface area contributed by atoms with E-state index >= 15 is 0 Å². The van der Waals surface area contributed by atoms with Crippen LogP contribution in [-0.4, -0.2) is 57.0 Å². The first-order chi connectivity index (χ1) is 14.4. The summed E-state index contributed by atoms with van der Waals surface area (Å²) in [5, 5.41) is 12.6. The van der Waals surface area contributed by atoms with E-state index in [4.69, 9.17) is 0 Å². The van der Waals surface area contributed by atoms with Gasteiger partial charge in [0.15, 0.2) is 5.82 Å². The van der Waals surface area contributed by atoms with Crippen LogP contribution in [0.25, 0.3) is 0 Å². The quantitative estimate of drug-likeness (QED) is 0.775. The first-order valence-electron chi connectivity index (χ1n) is 9.88. The van der Waals surface area contributed by atoms with Gasteiger partial charge in [-0.3, -0.25) is 9.69 Å². The molecule has 5 rings (SSSR count). The van der Waals surface area contributed by atoms with Gasteiger partial charge < -0.3 is 15.3 Å². The first-order valence-corrected chi connectivity index (χ1v) is 9.88. The molecule has 9 nitrogen and oxygen atoms in total. The van der Waals surface area contributed by atoms with Gasteiger partial charge in [0.25, 0.3) is 5.92 Å². The zero-order valence-corrected chi connectivity index (χ0v) is 16.4. The van der Waals surface area contributed by atoms with Gasteiger partial charge in [-0.05, 0) is 12.8 Å². The maximum Gasteiger partial charge on any atom is 0.282 e. The average Bonchev–Trinajstić information content (AvgIpc) is 3.30. The predicted octanol–water partition coefficient (Wildman–Crippen LogP) is 1.75. The van der Waals surface area contributed by atoms with Crippen LogP contribution in [0.1, 0.15) is 37.1 Å². The van der Waals surface area contributed by atoms with Crippen molar-refractivity contribution in [3.63, 3.8) is 0 Å². The van der Waals surface area contributed by atoms with E-state index in [9.17, 15) is 18.7 Å². The van der Waals surface area contributed by atoms with Gasteiger partial charge >= 0.3 is 0 Å². The second kappa shape index (κ2) is 6.53. The van der Waals surface area contributed by atoms with Crippen LogP contribution in [0.2, 0.25) is 0 Å². The highest BCUT2D eigenvalue weighted by molar-refractivity contribution is 6.13. The largest absolute Gasteiger partial charge is 0.388 e. The number of halogens is 2. The zero-order valence-electron chi connectivity index (χ0n) is 16.4. The van der Waals surface area contributed by atoms with Crippen molar-refractivity contribution in [2.45, 2.75) is 43.6 Å². The lowest BCUT2D eigenvalue weighted by Gasteiger charge is -2.38. The molecular formula is C19H21F2N7O2. The van der Waals surface area contributed by atoms with E-state index in [1.807, 2.05) is 0 Å². The van der Waals surface area contributed by atoms with Gasteiger partial charge in [0.05, 0.1) is 42.1 Å². The fourth-order valence-corrected chi connectivity index (χ4v) is 4.69. The Morgan fingerprint density at radius 2 is 1.83 bits per heavy atom. The van der Waals surface area contributed by atoms with E-state index in [1.165, 1.54) is 22.2 Å². The molecule has 2 fully saturated rings. The number of carbonyl (C=O) groups excluding carboxylic acids is 1. The van der Waals surface area contributed by atoms with Crippen molar-refractivity contribution in [1.29, 1.82) is 0 Å². The lowest BCUT2D eigenvalue weighted by molar-refractivity contribution is -0.122. The molecule has 2 aromatic rings. The number of hydrogen-bond donors (Lipinski definition) is 2. The minimum Gasteiger partial charge on any atom is -0.388 e. The van der Waals surface area contributed by atoms with Gasteiger partial charge in [-0.15, -0.1) is 0 Å². The highest BCUT2D eigenvalue weighted by atomic mass is 19.3. The number of aromatic nitrogens is 4. The molecule has 30 heavy (non-hydrogen) atoms. The molecule has 0 bridgehead atoms. The van der Waals surface area contributed by atoms with Crippen LogP contribution in [0.3, 0.4) is 0 Å². The van der Waals surface area contributed by atoms with Crippen molar-refractivity contribution < 1.29 is 18.7 Å². The molecule has 1 saturated heterocycles. The molecule has 0 unspecified atom stereocenters. The summed E-state index contributed by atoms with van der Waals surface area (Å²) < 4.78 is 26.3. The lowest BCUT2D eigenvalue weighted by Crippen LogP contribution is -2.57. The van der Waals surface area contributed by atoms with Crippen LogP contribution in [0.5, 0.6) is 0 Å². The molecule has 1 spiro atoms. The van der Waals surface area contributed by atoms with Crippen LogP contribution in [0.4, 0.5) is 32.1 Å². The first kappa shape index (κ1) is 19.0. The van der Waals surface area contributed by atoms with Gasteiger partial charge in [0.1, 0.15) is 18.2 Å². The molecule has 1 saturated carbocycles. The number of anilines is 4. The Bertz CT molecular complexity index is 1000. The second-order valence-corrected chi connectivity index (χ2v) is 7.98. The molecule has 4 heterocycles. The molecule has 3 aliphatic rings. The van der Waals surface area contributed by atoms with Crippen molar-refractivity contribution in [3.8, 4) is 0 Å². The Hall–Kier alpha value is -2.95. The van der Waals surface area contributed by atoms with Crippen LogP contribution >= 0.6 is 0 Å². The maximum atomic E-state index is 13.6. The number of aliphatic hydroxyl groups is 1. The Morgan fingerprint density at radius 1 is 1.17 bits per heavy atom. The lowest BCUT2D eigenvalue weighted by atomic mass is 9.80. The number of hydrogen-bond acceptors (Lipinski definition) is 8. The number of amides is 1. The highest BCUT2D eigenvalue weighted by Gasteiger charge is 2.55. The van der Waals surface area contributed by atoms with Crippen LogP contribution in [0, 0.1) is 0 Å². The molecule has 1 aliphatic carbocycles. The molecule has 0 atom stereocenters. The zero-order chi connectivity index (χ0) is 21.1. The van der Waals surface area contributed by atoms with Gasteiger partial charge in [0, 0.05) is 7.05 Å². The number of carbonyl (C=O) groups is 1. The number of nitrogens with zero attached hydrogens (tertiary/aromatic N) is 6. The van der Waals surface area contributed by atoms with E-state index in [1.54, 1.807) is 7.05 Å². The topological polar surface area (TPSA) is 107 Å². The van der Waals surface area contributed by atoms with Crippen molar-refractivity contribution in [1.82, 2.24) is 19.9 Å². The van der Waals surface area contributed by atoms with Gasteiger partial charge in [-0.2, -0.15) is 0 Å². The number of nitrogens with one attached hydrogen (secondary N) is 1. The highest BCUT2D eigenvalue weighted by Crippen LogP contribution is 2.54. The summed E-state index contributed by atoms with van der Waals surface area (Å²) in [7, 11) is 1.72. The second-order valence-electron chi connectivity index (χ2n) is 7.98.